The summed E-state index contributed by atoms with van der Waals surface area (Å²) in [4.78, 5) is 2.30. The number of nitrogens with zero attached hydrogens (tertiary/aromatic N) is 1. The van der Waals surface area contributed by atoms with Gasteiger partial charge in [-0.05, 0) is 25.2 Å². The molecule has 84 valence electrons. The largest absolute Gasteiger partial charge is 0.311 e. The summed E-state index contributed by atoms with van der Waals surface area (Å²) >= 11 is 3.54. The molecule has 0 saturated carbocycles. The number of hydrogen-bond acceptors (Lipinski definition) is 2. The predicted octanol–water partition coefficient (Wildman–Crippen LogP) is 2.49. The van der Waals surface area contributed by atoms with Gasteiger partial charge in [0, 0.05) is 24.1 Å². The summed E-state index contributed by atoms with van der Waals surface area (Å²) < 4.78 is 1.18. The van der Waals surface area contributed by atoms with E-state index in [9.17, 15) is 0 Å². The van der Waals surface area contributed by atoms with Crippen molar-refractivity contribution in [1.29, 1.82) is 0 Å². The Morgan fingerprint density at radius 1 is 1.33 bits per heavy atom. The molecule has 1 aromatic carbocycles. The van der Waals surface area contributed by atoms with Crippen LogP contribution < -0.4 is 5.32 Å². The third-order valence-corrected chi connectivity index (χ3v) is 3.26. The van der Waals surface area contributed by atoms with Crippen LogP contribution in [-0.4, -0.2) is 31.6 Å². The van der Waals surface area contributed by atoms with Crippen LogP contribution in [0.1, 0.15) is 12.5 Å². The lowest BCUT2D eigenvalue weighted by Crippen LogP contribution is -2.28. The summed E-state index contributed by atoms with van der Waals surface area (Å²) in [5.41, 5.74) is 1.32. The molecule has 0 aliphatic carbocycles. The minimum absolute atomic E-state index is 0.930. The first kappa shape index (κ1) is 12.7. The van der Waals surface area contributed by atoms with Gasteiger partial charge in [0.25, 0.3) is 0 Å². The Labute approximate surface area is 101 Å². The van der Waals surface area contributed by atoms with Crippen LogP contribution in [0.15, 0.2) is 28.7 Å². The van der Waals surface area contributed by atoms with Crippen LogP contribution in [0.4, 0.5) is 0 Å². The van der Waals surface area contributed by atoms with Crippen LogP contribution in [0.5, 0.6) is 0 Å². The maximum atomic E-state index is 3.54. The molecule has 1 N–H and O–H groups in total. The molecule has 0 unspecified atom stereocenters. The lowest BCUT2D eigenvalue weighted by molar-refractivity contribution is 0.349. The molecule has 3 heteroatoms. The van der Waals surface area contributed by atoms with E-state index in [0.29, 0.717) is 0 Å². The molecule has 1 aromatic rings. The van der Waals surface area contributed by atoms with Crippen molar-refractivity contribution in [2.75, 3.05) is 26.7 Å². The van der Waals surface area contributed by atoms with E-state index < -0.39 is 0 Å². The SMILES string of the molecule is CCN(C)CCNCc1ccccc1Br. The van der Waals surface area contributed by atoms with E-state index in [-0.39, 0.29) is 0 Å². The van der Waals surface area contributed by atoms with E-state index in [4.69, 9.17) is 0 Å². The summed E-state index contributed by atoms with van der Waals surface area (Å²) in [6.45, 7) is 6.34. The third kappa shape index (κ3) is 4.78. The molecule has 0 radical (unpaired) electrons. The van der Waals surface area contributed by atoms with Crippen molar-refractivity contribution in [3.05, 3.63) is 34.3 Å². The van der Waals surface area contributed by atoms with Gasteiger partial charge in [-0.3, -0.25) is 0 Å². The van der Waals surface area contributed by atoms with Gasteiger partial charge in [0.2, 0.25) is 0 Å². The van der Waals surface area contributed by atoms with Gasteiger partial charge in [0.15, 0.2) is 0 Å². The van der Waals surface area contributed by atoms with Gasteiger partial charge in [-0.15, -0.1) is 0 Å². The number of halogens is 1. The highest BCUT2D eigenvalue weighted by Gasteiger charge is 1.98. The molecule has 0 amide bonds. The molecule has 0 aliphatic rings. The summed E-state index contributed by atoms with van der Waals surface area (Å²) in [5.74, 6) is 0. The fourth-order valence-electron chi connectivity index (χ4n) is 1.29. The number of rotatable bonds is 6. The van der Waals surface area contributed by atoms with E-state index in [2.05, 4.69) is 58.3 Å². The maximum absolute atomic E-state index is 3.54. The van der Waals surface area contributed by atoms with Gasteiger partial charge in [0.1, 0.15) is 0 Å². The average Bonchev–Trinajstić information content (AvgIpc) is 2.26. The quantitative estimate of drug-likeness (QED) is 0.800. The van der Waals surface area contributed by atoms with Crippen molar-refractivity contribution in [3.63, 3.8) is 0 Å². The zero-order valence-corrected chi connectivity index (χ0v) is 11.0. The predicted molar refractivity (Wildman–Crippen MR) is 69.0 cm³/mol. The monoisotopic (exact) mass is 270 g/mol. The number of benzene rings is 1. The van der Waals surface area contributed by atoms with Crippen molar-refractivity contribution in [1.82, 2.24) is 10.2 Å². The molecule has 0 atom stereocenters. The van der Waals surface area contributed by atoms with Crippen LogP contribution in [-0.2, 0) is 6.54 Å². The minimum Gasteiger partial charge on any atom is -0.311 e. The second-order valence-electron chi connectivity index (χ2n) is 3.66. The molecule has 0 fully saturated rings. The normalized spacial score (nSPS) is 10.9. The second kappa shape index (κ2) is 6.99. The first-order valence-corrected chi connectivity index (χ1v) is 6.16. The van der Waals surface area contributed by atoms with E-state index in [1.54, 1.807) is 0 Å². The first-order valence-electron chi connectivity index (χ1n) is 5.36. The topological polar surface area (TPSA) is 15.3 Å². The van der Waals surface area contributed by atoms with Crippen LogP contribution in [0.25, 0.3) is 0 Å². The van der Waals surface area contributed by atoms with Crippen molar-refractivity contribution < 1.29 is 0 Å². The van der Waals surface area contributed by atoms with Gasteiger partial charge in [-0.1, -0.05) is 41.1 Å². The Morgan fingerprint density at radius 2 is 2.07 bits per heavy atom. The first-order chi connectivity index (χ1) is 7.24. The van der Waals surface area contributed by atoms with Gasteiger partial charge in [0.05, 0.1) is 0 Å². The Balaban J connectivity index is 2.23. The molecule has 0 aromatic heterocycles. The number of nitrogens with one attached hydrogen (secondary N) is 1. The fourth-order valence-corrected chi connectivity index (χ4v) is 1.72. The molecule has 0 aliphatic heterocycles. The zero-order chi connectivity index (χ0) is 11.1. The van der Waals surface area contributed by atoms with Crippen molar-refractivity contribution >= 4 is 15.9 Å². The van der Waals surface area contributed by atoms with Crippen LogP contribution in [0, 0.1) is 0 Å². The summed E-state index contributed by atoms with van der Waals surface area (Å²) in [7, 11) is 2.14. The summed E-state index contributed by atoms with van der Waals surface area (Å²) in [6, 6.07) is 8.33. The van der Waals surface area contributed by atoms with Crippen LogP contribution >= 0.6 is 15.9 Å². The van der Waals surface area contributed by atoms with Crippen LogP contribution in [0.3, 0.4) is 0 Å². The van der Waals surface area contributed by atoms with Gasteiger partial charge in [-0.25, -0.2) is 0 Å². The molecular weight excluding hydrogens is 252 g/mol. The molecule has 0 saturated heterocycles. The molecule has 0 heterocycles. The average molecular weight is 271 g/mol. The highest BCUT2D eigenvalue weighted by atomic mass is 79.9. The lowest BCUT2D eigenvalue weighted by Gasteiger charge is -2.14. The minimum atomic E-state index is 0.930. The molecule has 1 rings (SSSR count). The Kier molecular flexibility index (Phi) is 5.91. The highest BCUT2D eigenvalue weighted by molar-refractivity contribution is 9.10. The van der Waals surface area contributed by atoms with Gasteiger partial charge < -0.3 is 10.2 Å². The van der Waals surface area contributed by atoms with E-state index in [0.717, 1.165) is 26.2 Å². The lowest BCUT2D eigenvalue weighted by atomic mass is 10.2. The molecule has 0 spiro atoms. The molecule has 15 heavy (non-hydrogen) atoms. The van der Waals surface area contributed by atoms with E-state index >= 15 is 0 Å². The standard InChI is InChI=1S/C12H19BrN2/c1-3-15(2)9-8-14-10-11-6-4-5-7-12(11)13/h4-7,14H,3,8-10H2,1-2H3. The van der Waals surface area contributed by atoms with Crippen molar-refractivity contribution in [2.24, 2.45) is 0 Å². The van der Waals surface area contributed by atoms with Crippen LogP contribution in [0.2, 0.25) is 0 Å². The number of likely N-dealkylation sites (N-methyl/N-ethyl adjacent to an activating group) is 1. The Morgan fingerprint density at radius 3 is 2.73 bits per heavy atom. The van der Waals surface area contributed by atoms with Gasteiger partial charge >= 0.3 is 0 Å². The molecule has 0 bridgehead atoms. The van der Waals surface area contributed by atoms with E-state index in [1.165, 1.54) is 10.0 Å². The smallest absolute Gasteiger partial charge is 0.0220 e. The summed E-state index contributed by atoms with van der Waals surface area (Å²) in [5, 5.41) is 3.44. The van der Waals surface area contributed by atoms with Crippen molar-refractivity contribution in [2.45, 2.75) is 13.5 Å². The Bertz CT molecular complexity index is 289. The molecular formula is C12H19BrN2. The fraction of sp³-hybridized carbons (Fsp3) is 0.500. The maximum Gasteiger partial charge on any atom is 0.0220 e. The summed E-state index contributed by atoms with van der Waals surface area (Å²) in [6.07, 6.45) is 0. The van der Waals surface area contributed by atoms with Gasteiger partial charge in [-0.2, -0.15) is 0 Å². The second-order valence-corrected chi connectivity index (χ2v) is 4.52. The van der Waals surface area contributed by atoms with Crippen molar-refractivity contribution in [3.8, 4) is 0 Å². The number of hydrogen-bond donors (Lipinski definition) is 1. The third-order valence-electron chi connectivity index (χ3n) is 2.48. The molecule has 2 nitrogen and oxygen atoms in total. The Hall–Kier alpha value is -0.380. The highest BCUT2D eigenvalue weighted by Crippen LogP contribution is 2.14. The van der Waals surface area contributed by atoms with E-state index in [1.807, 2.05) is 6.07 Å². The zero-order valence-electron chi connectivity index (χ0n) is 9.46.